The summed E-state index contributed by atoms with van der Waals surface area (Å²) >= 11 is 0. The second-order valence-corrected chi connectivity index (χ2v) is 5.81. The molecule has 0 saturated carbocycles. The SMILES string of the molecule is CC(NC(=O)C(N)C(C)O)C(=O)NC(C(=O)NC(CO)C(=O)O)C(C)O. The maximum Gasteiger partial charge on any atom is 0.328 e. The number of amides is 3. The third-order valence-electron chi connectivity index (χ3n) is 3.43. The van der Waals surface area contributed by atoms with Gasteiger partial charge < -0.3 is 42.1 Å². The van der Waals surface area contributed by atoms with E-state index in [2.05, 4.69) is 10.6 Å². The quantitative estimate of drug-likeness (QED) is 0.184. The Bertz CT molecular complexity index is 525. The highest BCUT2D eigenvalue weighted by atomic mass is 16.4. The fourth-order valence-electron chi connectivity index (χ4n) is 1.72. The van der Waals surface area contributed by atoms with Crippen LogP contribution >= 0.6 is 0 Å². The van der Waals surface area contributed by atoms with Crippen LogP contribution in [0, 0.1) is 0 Å². The maximum absolute atomic E-state index is 12.1. The van der Waals surface area contributed by atoms with Gasteiger partial charge in [0.15, 0.2) is 0 Å². The molecule has 0 aromatic carbocycles. The lowest BCUT2D eigenvalue weighted by atomic mass is 10.1. The maximum atomic E-state index is 12.1. The molecular weight excluding hydrogens is 352 g/mol. The number of aliphatic carboxylic acids is 1. The predicted molar refractivity (Wildman–Crippen MR) is 87.5 cm³/mol. The normalized spacial score (nSPS) is 17.8. The average molecular weight is 378 g/mol. The number of carboxylic acids is 1. The van der Waals surface area contributed by atoms with Gasteiger partial charge in [0.1, 0.15) is 24.2 Å². The number of rotatable bonds is 10. The highest BCUT2D eigenvalue weighted by Gasteiger charge is 2.31. The Kier molecular flexibility index (Phi) is 9.72. The summed E-state index contributed by atoms with van der Waals surface area (Å²) in [6.07, 6.45) is -2.54. The van der Waals surface area contributed by atoms with Gasteiger partial charge >= 0.3 is 5.97 Å². The van der Waals surface area contributed by atoms with Crippen LogP contribution in [0.25, 0.3) is 0 Å². The summed E-state index contributed by atoms with van der Waals surface area (Å²) in [5.74, 6) is -4.18. The molecule has 0 aliphatic heterocycles. The van der Waals surface area contributed by atoms with Crippen molar-refractivity contribution in [1.82, 2.24) is 16.0 Å². The number of carbonyl (C=O) groups is 4. The van der Waals surface area contributed by atoms with E-state index in [1.807, 2.05) is 5.32 Å². The molecule has 0 heterocycles. The van der Waals surface area contributed by atoms with Crippen LogP contribution < -0.4 is 21.7 Å². The van der Waals surface area contributed by atoms with E-state index in [1.165, 1.54) is 20.8 Å². The summed E-state index contributed by atoms with van der Waals surface area (Å²) in [5.41, 5.74) is 5.43. The first-order chi connectivity index (χ1) is 11.9. The molecule has 0 aliphatic rings. The van der Waals surface area contributed by atoms with Gasteiger partial charge in [-0.15, -0.1) is 0 Å². The van der Waals surface area contributed by atoms with Crippen molar-refractivity contribution in [1.29, 1.82) is 0 Å². The molecule has 150 valence electrons. The van der Waals surface area contributed by atoms with Crippen LogP contribution in [-0.2, 0) is 19.2 Å². The molecule has 0 spiro atoms. The fourth-order valence-corrected chi connectivity index (χ4v) is 1.72. The van der Waals surface area contributed by atoms with Gasteiger partial charge in [0, 0.05) is 0 Å². The number of aliphatic hydroxyl groups excluding tert-OH is 3. The minimum absolute atomic E-state index is 0.799. The van der Waals surface area contributed by atoms with Crippen LogP contribution in [0.5, 0.6) is 0 Å². The third kappa shape index (κ3) is 7.31. The monoisotopic (exact) mass is 378 g/mol. The van der Waals surface area contributed by atoms with E-state index in [4.69, 9.17) is 15.9 Å². The Balaban J connectivity index is 4.93. The van der Waals surface area contributed by atoms with Crippen LogP contribution in [-0.4, -0.2) is 87.1 Å². The van der Waals surface area contributed by atoms with Gasteiger partial charge in [-0.3, -0.25) is 14.4 Å². The number of carboxylic acid groups (broad SMARTS) is 1. The number of aliphatic hydroxyl groups is 3. The molecule has 12 heteroatoms. The molecule has 9 N–H and O–H groups in total. The first kappa shape index (κ1) is 23.7. The van der Waals surface area contributed by atoms with Crippen LogP contribution in [0.2, 0.25) is 0 Å². The number of hydrogen-bond acceptors (Lipinski definition) is 8. The van der Waals surface area contributed by atoms with Crippen molar-refractivity contribution in [2.75, 3.05) is 6.61 Å². The van der Waals surface area contributed by atoms with Gasteiger partial charge in [-0.05, 0) is 20.8 Å². The highest BCUT2D eigenvalue weighted by molar-refractivity contribution is 5.94. The van der Waals surface area contributed by atoms with Gasteiger partial charge in [-0.2, -0.15) is 0 Å². The zero-order valence-corrected chi connectivity index (χ0v) is 14.7. The van der Waals surface area contributed by atoms with E-state index in [1.54, 1.807) is 0 Å². The van der Waals surface area contributed by atoms with Crippen LogP contribution in [0.4, 0.5) is 0 Å². The van der Waals surface area contributed by atoms with Gasteiger partial charge in [0.2, 0.25) is 17.7 Å². The lowest BCUT2D eigenvalue weighted by molar-refractivity contribution is -0.144. The largest absolute Gasteiger partial charge is 0.480 e. The van der Waals surface area contributed by atoms with E-state index in [0.717, 1.165) is 0 Å². The number of nitrogens with one attached hydrogen (secondary N) is 3. The Hall–Kier alpha value is -2.28. The van der Waals surface area contributed by atoms with E-state index in [9.17, 15) is 29.4 Å². The second-order valence-electron chi connectivity index (χ2n) is 5.81. The average Bonchev–Trinajstić information content (AvgIpc) is 2.55. The topological polar surface area (TPSA) is 211 Å². The standard InChI is InChI=1S/C14H26N4O8/c1-5(16-12(23)9(15)6(2)20)11(22)18-10(7(3)21)13(24)17-8(4-19)14(25)26/h5-10,19-21H,4,15H2,1-3H3,(H,16,23)(H,17,24)(H,18,22)(H,25,26). The Labute approximate surface area is 149 Å². The molecule has 0 aliphatic carbocycles. The highest BCUT2D eigenvalue weighted by Crippen LogP contribution is 1.98. The van der Waals surface area contributed by atoms with Crippen LogP contribution in [0.15, 0.2) is 0 Å². The molecular formula is C14H26N4O8. The van der Waals surface area contributed by atoms with Crippen molar-refractivity contribution in [3.8, 4) is 0 Å². The summed E-state index contributed by atoms with van der Waals surface area (Å²) in [6.45, 7) is 2.88. The number of hydrogen-bond donors (Lipinski definition) is 8. The molecule has 0 fully saturated rings. The first-order valence-electron chi connectivity index (χ1n) is 7.78. The zero-order chi connectivity index (χ0) is 20.6. The van der Waals surface area contributed by atoms with Crippen molar-refractivity contribution >= 4 is 23.7 Å². The predicted octanol–water partition coefficient (Wildman–Crippen LogP) is -4.37. The zero-order valence-electron chi connectivity index (χ0n) is 14.7. The molecule has 3 amide bonds. The Morgan fingerprint density at radius 2 is 1.42 bits per heavy atom. The number of carbonyl (C=O) groups excluding carboxylic acids is 3. The smallest absolute Gasteiger partial charge is 0.328 e. The van der Waals surface area contributed by atoms with Crippen LogP contribution in [0.3, 0.4) is 0 Å². The lowest BCUT2D eigenvalue weighted by Crippen LogP contribution is -2.60. The molecule has 0 radical (unpaired) electrons. The molecule has 0 rings (SSSR count). The van der Waals surface area contributed by atoms with Gasteiger partial charge in [0.05, 0.1) is 18.8 Å². The van der Waals surface area contributed by atoms with Crippen molar-refractivity contribution in [2.45, 2.75) is 57.1 Å². The molecule has 0 aromatic heterocycles. The molecule has 0 aromatic rings. The minimum atomic E-state index is -1.61. The molecule has 0 bridgehead atoms. The minimum Gasteiger partial charge on any atom is -0.480 e. The second kappa shape index (κ2) is 10.7. The van der Waals surface area contributed by atoms with Gasteiger partial charge in [0.25, 0.3) is 0 Å². The van der Waals surface area contributed by atoms with Gasteiger partial charge in [-0.25, -0.2) is 4.79 Å². The van der Waals surface area contributed by atoms with Crippen molar-refractivity contribution in [2.24, 2.45) is 5.73 Å². The Morgan fingerprint density at radius 3 is 1.81 bits per heavy atom. The molecule has 0 saturated heterocycles. The Morgan fingerprint density at radius 1 is 0.885 bits per heavy atom. The van der Waals surface area contributed by atoms with E-state index >= 15 is 0 Å². The van der Waals surface area contributed by atoms with Gasteiger partial charge in [-0.1, -0.05) is 0 Å². The summed E-state index contributed by atoms with van der Waals surface area (Å²) in [5, 5.41) is 43.0. The summed E-state index contributed by atoms with van der Waals surface area (Å²) in [6, 6.07) is -5.56. The van der Waals surface area contributed by atoms with Crippen LogP contribution in [0.1, 0.15) is 20.8 Å². The third-order valence-corrected chi connectivity index (χ3v) is 3.43. The molecule has 6 atom stereocenters. The molecule has 6 unspecified atom stereocenters. The van der Waals surface area contributed by atoms with E-state index in [-0.39, 0.29) is 0 Å². The fraction of sp³-hybridized carbons (Fsp3) is 0.714. The summed E-state index contributed by atoms with van der Waals surface area (Å²) < 4.78 is 0. The van der Waals surface area contributed by atoms with E-state index < -0.39 is 66.7 Å². The summed E-state index contributed by atoms with van der Waals surface area (Å²) in [4.78, 5) is 46.7. The summed E-state index contributed by atoms with van der Waals surface area (Å²) in [7, 11) is 0. The number of nitrogens with two attached hydrogens (primary N) is 1. The van der Waals surface area contributed by atoms with Crippen molar-refractivity contribution in [3.05, 3.63) is 0 Å². The molecule has 12 nitrogen and oxygen atoms in total. The van der Waals surface area contributed by atoms with Crippen molar-refractivity contribution < 1.29 is 39.6 Å². The first-order valence-corrected chi connectivity index (χ1v) is 7.78. The molecule has 26 heavy (non-hydrogen) atoms. The van der Waals surface area contributed by atoms with E-state index in [0.29, 0.717) is 0 Å². The van der Waals surface area contributed by atoms with Crippen molar-refractivity contribution in [3.63, 3.8) is 0 Å². The lowest BCUT2D eigenvalue weighted by Gasteiger charge is -2.25.